The Labute approximate surface area is 137 Å². The smallest absolute Gasteiger partial charge is 0.317 e. The van der Waals surface area contributed by atoms with E-state index in [4.69, 9.17) is 0 Å². The first kappa shape index (κ1) is 15.8. The molecule has 1 N–H and O–H groups in total. The van der Waals surface area contributed by atoms with Gasteiger partial charge in [0.15, 0.2) is 0 Å². The van der Waals surface area contributed by atoms with Crippen LogP contribution in [0, 0.1) is 6.92 Å². The zero-order valence-electron chi connectivity index (χ0n) is 14.1. The predicted octanol–water partition coefficient (Wildman–Crippen LogP) is 3.32. The van der Waals surface area contributed by atoms with Crippen molar-refractivity contribution in [2.75, 3.05) is 13.6 Å². The lowest BCUT2D eigenvalue weighted by Crippen LogP contribution is -2.45. The number of rotatable bonds is 4. The van der Waals surface area contributed by atoms with Gasteiger partial charge in [0.2, 0.25) is 0 Å². The molecule has 0 atom stereocenters. The highest BCUT2D eigenvalue weighted by atomic mass is 16.2. The zero-order chi connectivity index (χ0) is 16.2. The Morgan fingerprint density at radius 1 is 1.30 bits per heavy atom. The van der Waals surface area contributed by atoms with Gasteiger partial charge in [0.1, 0.15) is 5.82 Å². The SMILES string of the molecule is Cc1nc2ccccc2n1CCNC(=O)N(C)C1CCCCC1. The molecule has 5 heteroatoms. The number of carbonyl (C=O) groups excluding carboxylic acids is 1. The van der Waals surface area contributed by atoms with Gasteiger partial charge < -0.3 is 14.8 Å². The van der Waals surface area contributed by atoms with Crippen molar-refractivity contribution in [3.63, 3.8) is 0 Å². The summed E-state index contributed by atoms with van der Waals surface area (Å²) >= 11 is 0. The van der Waals surface area contributed by atoms with E-state index in [1.54, 1.807) is 0 Å². The van der Waals surface area contributed by atoms with E-state index in [1.165, 1.54) is 19.3 Å². The summed E-state index contributed by atoms with van der Waals surface area (Å²) in [6.07, 6.45) is 6.05. The molecular formula is C18H26N4O. The van der Waals surface area contributed by atoms with E-state index in [2.05, 4.69) is 20.9 Å². The van der Waals surface area contributed by atoms with Crippen molar-refractivity contribution in [1.29, 1.82) is 0 Å². The number of hydrogen-bond donors (Lipinski definition) is 1. The number of amides is 2. The van der Waals surface area contributed by atoms with Crippen LogP contribution in [0.25, 0.3) is 11.0 Å². The van der Waals surface area contributed by atoms with Crippen molar-refractivity contribution in [2.24, 2.45) is 0 Å². The Bertz CT molecular complexity index is 673. The number of nitrogens with one attached hydrogen (secondary N) is 1. The molecule has 0 unspecified atom stereocenters. The highest BCUT2D eigenvalue weighted by molar-refractivity contribution is 5.76. The van der Waals surface area contributed by atoms with Crippen LogP contribution in [-0.2, 0) is 6.54 Å². The number of hydrogen-bond acceptors (Lipinski definition) is 2. The topological polar surface area (TPSA) is 50.2 Å². The first-order valence-electron chi connectivity index (χ1n) is 8.59. The minimum absolute atomic E-state index is 0.0407. The van der Waals surface area contributed by atoms with E-state index in [0.29, 0.717) is 12.6 Å². The third-order valence-corrected chi connectivity index (χ3v) is 4.90. The van der Waals surface area contributed by atoms with E-state index in [0.717, 1.165) is 36.2 Å². The van der Waals surface area contributed by atoms with Crippen molar-refractivity contribution in [3.8, 4) is 0 Å². The average molecular weight is 314 g/mol. The number of benzene rings is 1. The summed E-state index contributed by atoms with van der Waals surface area (Å²) in [5.74, 6) is 0.987. The van der Waals surface area contributed by atoms with Crippen molar-refractivity contribution >= 4 is 17.1 Å². The number of carbonyl (C=O) groups is 1. The fraction of sp³-hybridized carbons (Fsp3) is 0.556. The number of para-hydroxylation sites is 2. The molecule has 0 spiro atoms. The molecule has 1 aliphatic rings. The molecule has 1 fully saturated rings. The first-order chi connectivity index (χ1) is 11.2. The van der Waals surface area contributed by atoms with Crippen molar-refractivity contribution in [1.82, 2.24) is 19.8 Å². The molecule has 1 aromatic carbocycles. The molecular weight excluding hydrogens is 288 g/mol. The molecule has 0 radical (unpaired) electrons. The molecule has 5 nitrogen and oxygen atoms in total. The van der Waals surface area contributed by atoms with Crippen LogP contribution in [-0.4, -0.2) is 40.1 Å². The molecule has 1 saturated carbocycles. The number of urea groups is 1. The van der Waals surface area contributed by atoms with Gasteiger partial charge in [-0.05, 0) is 31.9 Å². The van der Waals surface area contributed by atoms with Crippen LogP contribution in [0.2, 0.25) is 0 Å². The van der Waals surface area contributed by atoms with Crippen LogP contribution in [0.5, 0.6) is 0 Å². The maximum absolute atomic E-state index is 12.3. The number of aryl methyl sites for hydroxylation is 1. The monoisotopic (exact) mass is 314 g/mol. The van der Waals surface area contributed by atoms with Crippen LogP contribution in [0.1, 0.15) is 37.9 Å². The largest absolute Gasteiger partial charge is 0.336 e. The normalized spacial score (nSPS) is 15.7. The standard InChI is InChI=1S/C18H26N4O/c1-14-20-16-10-6-7-11-17(16)22(14)13-12-19-18(23)21(2)15-8-4-3-5-9-15/h6-7,10-11,15H,3-5,8-9,12-13H2,1-2H3,(H,19,23). The van der Waals surface area contributed by atoms with Gasteiger partial charge in [-0.1, -0.05) is 31.4 Å². The lowest BCUT2D eigenvalue weighted by molar-refractivity contribution is 0.173. The number of fused-ring (bicyclic) bond motifs is 1. The van der Waals surface area contributed by atoms with Gasteiger partial charge in [0, 0.05) is 26.2 Å². The molecule has 0 bridgehead atoms. The van der Waals surface area contributed by atoms with Crippen LogP contribution >= 0.6 is 0 Å². The van der Waals surface area contributed by atoms with Gasteiger partial charge in [-0.2, -0.15) is 0 Å². The average Bonchev–Trinajstić information content (AvgIpc) is 2.90. The Kier molecular flexibility index (Phi) is 4.84. The second-order valence-electron chi connectivity index (χ2n) is 6.43. The van der Waals surface area contributed by atoms with Crippen LogP contribution < -0.4 is 5.32 Å². The van der Waals surface area contributed by atoms with E-state index < -0.39 is 0 Å². The molecule has 1 aliphatic carbocycles. The third kappa shape index (κ3) is 3.49. The number of aromatic nitrogens is 2. The molecule has 1 heterocycles. The minimum Gasteiger partial charge on any atom is -0.336 e. The van der Waals surface area contributed by atoms with Crippen molar-refractivity contribution in [2.45, 2.75) is 51.6 Å². The third-order valence-electron chi connectivity index (χ3n) is 4.90. The Morgan fingerprint density at radius 3 is 2.83 bits per heavy atom. The van der Waals surface area contributed by atoms with E-state index in [9.17, 15) is 4.79 Å². The Morgan fingerprint density at radius 2 is 2.04 bits per heavy atom. The summed E-state index contributed by atoms with van der Waals surface area (Å²) in [5, 5.41) is 3.05. The van der Waals surface area contributed by atoms with E-state index in [1.807, 2.05) is 37.1 Å². The predicted molar refractivity (Wildman–Crippen MR) is 92.5 cm³/mol. The van der Waals surface area contributed by atoms with Crippen molar-refractivity contribution in [3.05, 3.63) is 30.1 Å². The maximum Gasteiger partial charge on any atom is 0.317 e. The quantitative estimate of drug-likeness (QED) is 0.941. The molecule has 124 valence electrons. The molecule has 2 amide bonds. The first-order valence-corrected chi connectivity index (χ1v) is 8.59. The Hall–Kier alpha value is -2.04. The van der Waals surface area contributed by atoms with Gasteiger partial charge in [-0.25, -0.2) is 9.78 Å². The van der Waals surface area contributed by atoms with Crippen LogP contribution in [0.15, 0.2) is 24.3 Å². The summed E-state index contributed by atoms with van der Waals surface area (Å²) in [5.41, 5.74) is 2.13. The van der Waals surface area contributed by atoms with Gasteiger partial charge in [-0.3, -0.25) is 0 Å². The molecule has 23 heavy (non-hydrogen) atoms. The second kappa shape index (κ2) is 7.02. The molecule has 0 saturated heterocycles. The van der Waals surface area contributed by atoms with Gasteiger partial charge >= 0.3 is 6.03 Å². The summed E-state index contributed by atoms with van der Waals surface area (Å²) in [6.45, 7) is 3.38. The Balaban J connectivity index is 1.56. The summed E-state index contributed by atoms with van der Waals surface area (Å²) < 4.78 is 2.16. The molecule has 2 aromatic rings. The summed E-state index contributed by atoms with van der Waals surface area (Å²) in [7, 11) is 1.92. The molecule has 0 aliphatic heterocycles. The fourth-order valence-electron chi connectivity index (χ4n) is 3.51. The van der Waals surface area contributed by atoms with Crippen LogP contribution in [0.3, 0.4) is 0 Å². The second-order valence-corrected chi connectivity index (χ2v) is 6.43. The van der Waals surface area contributed by atoms with Gasteiger partial charge in [0.25, 0.3) is 0 Å². The number of imidazole rings is 1. The van der Waals surface area contributed by atoms with Crippen molar-refractivity contribution < 1.29 is 4.79 Å². The number of nitrogens with zero attached hydrogens (tertiary/aromatic N) is 3. The molecule has 1 aromatic heterocycles. The lowest BCUT2D eigenvalue weighted by atomic mass is 9.95. The maximum atomic E-state index is 12.3. The van der Waals surface area contributed by atoms with Crippen LogP contribution in [0.4, 0.5) is 4.79 Å². The van der Waals surface area contributed by atoms with E-state index in [-0.39, 0.29) is 6.03 Å². The lowest BCUT2D eigenvalue weighted by Gasteiger charge is -2.31. The highest BCUT2D eigenvalue weighted by Crippen LogP contribution is 2.21. The summed E-state index contributed by atoms with van der Waals surface area (Å²) in [4.78, 5) is 18.8. The molecule has 3 rings (SSSR count). The summed E-state index contributed by atoms with van der Waals surface area (Å²) in [6, 6.07) is 8.56. The van der Waals surface area contributed by atoms with E-state index >= 15 is 0 Å². The highest BCUT2D eigenvalue weighted by Gasteiger charge is 2.21. The minimum atomic E-state index is 0.0407. The zero-order valence-corrected chi connectivity index (χ0v) is 14.1. The van der Waals surface area contributed by atoms with Gasteiger partial charge in [0.05, 0.1) is 11.0 Å². The van der Waals surface area contributed by atoms with Gasteiger partial charge in [-0.15, -0.1) is 0 Å². The fourth-order valence-corrected chi connectivity index (χ4v) is 3.51.